The summed E-state index contributed by atoms with van der Waals surface area (Å²) in [5.74, 6) is -1.11. The Bertz CT molecular complexity index is 167. The van der Waals surface area contributed by atoms with E-state index in [1.165, 1.54) is 0 Å². The molecule has 1 rings (SSSR count). The fourth-order valence-electron chi connectivity index (χ4n) is 0.799. The number of rotatable bonds is 1. The minimum atomic E-state index is -0.944. The summed E-state index contributed by atoms with van der Waals surface area (Å²) in [6.45, 7) is 0. The van der Waals surface area contributed by atoms with Crippen LogP contribution in [0.4, 0.5) is 0 Å². The number of aliphatic carboxylic acids is 1. The van der Waals surface area contributed by atoms with Crippen molar-refractivity contribution in [1.29, 1.82) is 0 Å². The van der Waals surface area contributed by atoms with E-state index in [1.807, 2.05) is 0 Å². The van der Waals surface area contributed by atoms with E-state index in [2.05, 4.69) is 5.32 Å². The normalized spacial score (nSPS) is 21.1. The summed E-state index contributed by atoms with van der Waals surface area (Å²) < 4.78 is 0. The van der Waals surface area contributed by atoms with Crippen LogP contribution >= 0.6 is 0 Å². The molecule has 1 unspecified atom stereocenters. The first kappa shape index (κ1) is 14.5. The first-order valence-corrected chi connectivity index (χ1v) is 2.72. The summed E-state index contributed by atoms with van der Waals surface area (Å²) in [6.07, 6.45) is 0.769. The van der Waals surface area contributed by atoms with Crippen molar-refractivity contribution in [2.75, 3.05) is 0 Å². The number of nitrogens with one attached hydrogen (secondary N) is 1. The van der Waals surface area contributed by atoms with Crippen molar-refractivity contribution < 1.29 is 45.7 Å². The Kier molecular flexibility index (Phi) is 8.49. The van der Waals surface area contributed by atoms with Crippen LogP contribution in [-0.2, 0) is 9.59 Å². The van der Waals surface area contributed by atoms with Gasteiger partial charge in [0.1, 0.15) is 6.04 Å². The quantitative estimate of drug-likeness (QED) is 0.401. The van der Waals surface area contributed by atoms with Gasteiger partial charge in [-0.3, -0.25) is 4.79 Å². The molecule has 0 spiro atoms. The average molecular weight is 176 g/mol. The van der Waals surface area contributed by atoms with E-state index in [0.29, 0.717) is 12.8 Å². The Morgan fingerprint density at radius 2 is 2.27 bits per heavy atom. The molecule has 0 saturated carbocycles. The molecule has 0 bridgehead atoms. The molecule has 1 heterocycles. The van der Waals surface area contributed by atoms with Crippen LogP contribution in [0.1, 0.15) is 14.3 Å². The van der Waals surface area contributed by atoms with Crippen molar-refractivity contribution in [3.05, 3.63) is 0 Å². The molecule has 1 aliphatic heterocycles. The van der Waals surface area contributed by atoms with Crippen molar-refractivity contribution in [2.45, 2.75) is 18.9 Å². The van der Waals surface area contributed by atoms with Crippen molar-refractivity contribution in [3.8, 4) is 0 Å². The molecule has 0 aromatic rings. The fourth-order valence-corrected chi connectivity index (χ4v) is 0.799. The largest absolute Gasteiger partial charge is 1.00 e. The van der Waals surface area contributed by atoms with E-state index in [1.54, 1.807) is 0 Å². The van der Waals surface area contributed by atoms with Gasteiger partial charge < -0.3 is 11.8 Å². The van der Waals surface area contributed by atoms with E-state index in [-0.39, 0.29) is 66.4 Å². The molecular weight excluding hydrogens is 168 g/mol. The van der Waals surface area contributed by atoms with Gasteiger partial charge in [0.05, 0.1) is 0 Å². The molecule has 1 saturated heterocycles. The van der Waals surface area contributed by atoms with Gasteiger partial charge in [-0.15, -0.1) is 0 Å². The van der Waals surface area contributed by atoms with Crippen LogP contribution in [0, 0.1) is 0 Å². The molecule has 1 amide bonds. The molecule has 2 N–H and O–H groups in total. The summed E-state index contributed by atoms with van der Waals surface area (Å²) >= 11 is 0. The van der Waals surface area contributed by atoms with Gasteiger partial charge in [-0.1, -0.05) is 0 Å². The molecule has 1 fully saturated rings. The van der Waals surface area contributed by atoms with Crippen molar-refractivity contribution >= 4 is 41.4 Å². The maximum absolute atomic E-state index is 10.4. The van der Waals surface area contributed by atoms with Crippen LogP contribution in [-0.4, -0.2) is 52.6 Å². The maximum Gasteiger partial charge on any atom is 1.00 e. The van der Waals surface area contributed by atoms with Gasteiger partial charge in [0.2, 0.25) is 5.91 Å². The number of carbonyl (C=O) groups excluding carboxylic acids is 1. The summed E-state index contributed by atoms with van der Waals surface area (Å²) in [7, 11) is 0. The second kappa shape index (κ2) is 6.46. The van der Waals surface area contributed by atoms with Gasteiger partial charge in [-0.2, -0.15) is 0 Å². The second-order valence-corrected chi connectivity index (χ2v) is 2.00. The third-order valence-corrected chi connectivity index (χ3v) is 1.29. The molecule has 6 heteroatoms. The van der Waals surface area contributed by atoms with Crippen molar-refractivity contribution in [3.63, 3.8) is 0 Å². The van der Waals surface area contributed by atoms with Crippen LogP contribution < -0.4 is 34.9 Å². The summed E-state index contributed by atoms with van der Waals surface area (Å²) in [6, 6.07) is -0.641. The van der Waals surface area contributed by atoms with Crippen molar-refractivity contribution in [2.24, 2.45) is 0 Å². The summed E-state index contributed by atoms with van der Waals surface area (Å²) in [4.78, 5) is 20.5. The van der Waals surface area contributed by atoms with Gasteiger partial charge >= 0.3 is 35.5 Å². The SMILES string of the molecule is O=C1CCC(C(=O)O)N1.[H-].[Na+].[Na]. The van der Waals surface area contributed by atoms with E-state index < -0.39 is 12.0 Å². The van der Waals surface area contributed by atoms with Gasteiger partial charge in [-0.05, 0) is 6.42 Å². The van der Waals surface area contributed by atoms with Crippen LogP contribution in [0.5, 0.6) is 0 Å². The first-order valence-electron chi connectivity index (χ1n) is 2.72. The zero-order valence-corrected chi connectivity index (χ0v) is 10.8. The smallest absolute Gasteiger partial charge is 1.00 e. The fraction of sp³-hybridized carbons (Fsp3) is 0.600. The molecule has 1 atom stereocenters. The van der Waals surface area contributed by atoms with Gasteiger partial charge in [0.25, 0.3) is 0 Å². The number of hydrogen-bond donors (Lipinski definition) is 2. The number of carboxylic acids is 1. The van der Waals surface area contributed by atoms with E-state index in [0.717, 1.165) is 0 Å². The number of carboxylic acid groups (broad SMARTS) is 1. The molecule has 53 valence electrons. The average Bonchev–Trinajstić information content (AvgIpc) is 2.14. The van der Waals surface area contributed by atoms with Crippen LogP contribution in [0.2, 0.25) is 0 Å². The molecule has 11 heavy (non-hydrogen) atoms. The van der Waals surface area contributed by atoms with Gasteiger partial charge in [0, 0.05) is 36.0 Å². The van der Waals surface area contributed by atoms with Crippen LogP contribution in [0.15, 0.2) is 0 Å². The molecule has 0 aliphatic carbocycles. The Labute approximate surface area is 110 Å². The van der Waals surface area contributed by atoms with Gasteiger partial charge in [0.15, 0.2) is 0 Å². The minimum Gasteiger partial charge on any atom is -1.00 e. The van der Waals surface area contributed by atoms with E-state index in [4.69, 9.17) is 5.11 Å². The third-order valence-electron chi connectivity index (χ3n) is 1.29. The van der Waals surface area contributed by atoms with Crippen molar-refractivity contribution in [1.82, 2.24) is 5.32 Å². The second-order valence-electron chi connectivity index (χ2n) is 2.00. The topological polar surface area (TPSA) is 66.4 Å². The Morgan fingerprint density at radius 3 is 2.45 bits per heavy atom. The number of carbonyl (C=O) groups is 2. The zero-order valence-electron chi connectivity index (χ0n) is 7.76. The maximum atomic E-state index is 10.4. The first-order chi connectivity index (χ1) is 4.20. The number of hydrogen-bond acceptors (Lipinski definition) is 2. The molecule has 0 aromatic heterocycles. The third kappa shape index (κ3) is 4.50. The molecule has 1 radical (unpaired) electrons. The Hall–Kier alpha value is 0.940. The van der Waals surface area contributed by atoms with E-state index in [9.17, 15) is 9.59 Å². The Morgan fingerprint density at radius 1 is 1.73 bits per heavy atom. The molecule has 1 aliphatic rings. The Balaban J connectivity index is -0.000000270. The standard InChI is InChI=1S/C5H7NO3.2Na.H/c7-4-2-1-3(6-4)5(8)9;;;/h3H,1-2H2,(H,6,7)(H,8,9);;;/q;;+1;-1. The molecule has 4 nitrogen and oxygen atoms in total. The minimum absolute atomic E-state index is 0. The summed E-state index contributed by atoms with van der Waals surface area (Å²) in [5, 5.41) is 10.6. The van der Waals surface area contributed by atoms with Crippen LogP contribution in [0.25, 0.3) is 0 Å². The molecular formula is C5H8NNa2O3. The van der Waals surface area contributed by atoms with Gasteiger partial charge in [-0.25, -0.2) is 4.79 Å². The monoisotopic (exact) mass is 176 g/mol. The molecule has 0 aromatic carbocycles. The number of amides is 1. The zero-order chi connectivity index (χ0) is 6.85. The van der Waals surface area contributed by atoms with E-state index >= 15 is 0 Å². The predicted octanol–water partition coefficient (Wildman–Crippen LogP) is -3.91. The van der Waals surface area contributed by atoms with Crippen LogP contribution in [0.3, 0.4) is 0 Å². The summed E-state index contributed by atoms with van der Waals surface area (Å²) in [5.41, 5.74) is 0. The predicted molar refractivity (Wildman–Crippen MR) is 35.7 cm³/mol.